The molecule has 4 amide bonds. The van der Waals surface area contributed by atoms with E-state index in [1.54, 1.807) is 42.1 Å². The molecule has 1 N–H and O–H groups in total. The first kappa shape index (κ1) is 46.9. The highest BCUT2D eigenvalue weighted by atomic mass is 35.5. The van der Waals surface area contributed by atoms with Gasteiger partial charge < -0.3 is 18.9 Å². The van der Waals surface area contributed by atoms with Crippen molar-refractivity contribution in [2.24, 2.45) is 0 Å². The van der Waals surface area contributed by atoms with Crippen molar-refractivity contribution in [1.29, 1.82) is 0 Å². The van der Waals surface area contributed by atoms with E-state index in [0.29, 0.717) is 115 Å². The molecule has 1 unspecified atom stereocenters. The predicted octanol–water partition coefficient (Wildman–Crippen LogP) is 5.70. The van der Waals surface area contributed by atoms with Crippen LogP contribution in [0.2, 0.25) is 10.2 Å². The average molecular weight is 882 g/mol. The van der Waals surface area contributed by atoms with E-state index in [2.05, 4.69) is 20.4 Å². The predicted molar refractivity (Wildman–Crippen MR) is 224 cm³/mol. The summed E-state index contributed by atoms with van der Waals surface area (Å²) in [5.41, 5.74) is 3.99. The van der Waals surface area contributed by atoms with E-state index in [4.69, 9.17) is 42.1 Å². The SMILES string of the molecule is CCC(=O)CCCOc1ncc(Cl)cc1CC(=O)Cc1cnc2cc(Cl)nn2c1[C@H](C)OC.CCOCCOCCCc1cccc2c1C(=O)N(C1CCC(=O)NC1=O)C2=O. The molecule has 0 aliphatic carbocycles. The Hall–Kier alpha value is -5.13. The van der Waals surface area contributed by atoms with E-state index < -0.39 is 23.8 Å². The molecule has 6 rings (SSSR count). The van der Waals surface area contributed by atoms with Crippen LogP contribution in [0.3, 0.4) is 0 Å². The van der Waals surface area contributed by atoms with Gasteiger partial charge in [0, 0.05) is 82.0 Å². The summed E-state index contributed by atoms with van der Waals surface area (Å²) in [5.74, 6) is -1.49. The van der Waals surface area contributed by atoms with Crippen molar-refractivity contribution in [2.45, 2.75) is 90.7 Å². The van der Waals surface area contributed by atoms with Gasteiger partial charge in [-0.1, -0.05) is 42.3 Å². The number of halogens is 2. The van der Waals surface area contributed by atoms with Gasteiger partial charge in [-0.25, -0.2) is 14.5 Å². The molecule has 0 radical (unpaired) electrons. The number of rotatable bonds is 21. The maximum Gasteiger partial charge on any atom is 0.262 e. The Labute approximate surface area is 363 Å². The number of ketones is 2. The lowest BCUT2D eigenvalue weighted by Crippen LogP contribution is -2.54. The third-order valence-electron chi connectivity index (χ3n) is 10.1. The van der Waals surface area contributed by atoms with Crippen LogP contribution in [0.5, 0.6) is 5.88 Å². The van der Waals surface area contributed by atoms with E-state index in [9.17, 15) is 28.8 Å². The highest BCUT2D eigenvalue weighted by Crippen LogP contribution is 2.31. The zero-order valence-electron chi connectivity index (χ0n) is 34.7. The van der Waals surface area contributed by atoms with Crippen molar-refractivity contribution in [2.75, 3.05) is 40.1 Å². The normalized spacial score (nSPS) is 15.4. The molecule has 4 aromatic rings. The number of pyridine rings is 1. The molecule has 1 fully saturated rings. The van der Waals surface area contributed by atoms with Crippen LogP contribution in [0.1, 0.15) is 109 Å². The summed E-state index contributed by atoms with van der Waals surface area (Å²) in [6, 6.07) is 7.53. The number of hydrogen-bond acceptors (Lipinski definition) is 13. The van der Waals surface area contributed by atoms with Crippen LogP contribution in [0.15, 0.2) is 42.7 Å². The number of aryl methyl sites for hydroxylation is 1. The molecule has 5 heterocycles. The lowest BCUT2D eigenvalue weighted by atomic mass is 9.99. The van der Waals surface area contributed by atoms with Crippen LogP contribution in [0.4, 0.5) is 0 Å². The fourth-order valence-corrected chi connectivity index (χ4v) is 7.34. The van der Waals surface area contributed by atoms with E-state index in [1.165, 1.54) is 6.20 Å². The van der Waals surface area contributed by atoms with Gasteiger partial charge in [-0.2, -0.15) is 5.10 Å². The molecular formula is C43H50Cl2N6O10. The summed E-state index contributed by atoms with van der Waals surface area (Å²) in [5, 5.41) is 7.20. The highest BCUT2D eigenvalue weighted by molar-refractivity contribution is 6.30. The minimum Gasteiger partial charge on any atom is -0.477 e. The fourth-order valence-electron chi connectivity index (χ4n) is 6.99. The molecule has 1 saturated heterocycles. The largest absolute Gasteiger partial charge is 0.477 e. The van der Waals surface area contributed by atoms with Gasteiger partial charge in [0.2, 0.25) is 17.7 Å². The second kappa shape index (κ2) is 22.6. The molecule has 0 bridgehead atoms. The van der Waals surface area contributed by atoms with Gasteiger partial charge in [0.25, 0.3) is 11.8 Å². The first-order valence-electron chi connectivity index (χ1n) is 20.2. The third-order valence-corrected chi connectivity index (χ3v) is 10.5. The van der Waals surface area contributed by atoms with Crippen LogP contribution >= 0.6 is 23.2 Å². The molecule has 3 aromatic heterocycles. The monoisotopic (exact) mass is 880 g/mol. The van der Waals surface area contributed by atoms with Crippen molar-refractivity contribution in [3.05, 3.63) is 86.4 Å². The first-order chi connectivity index (χ1) is 29.4. The van der Waals surface area contributed by atoms with Gasteiger partial charge in [0.15, 0.2) is 10.8 Å². The minimum atomic E-state index is -0.945. The van der Waals surface area contributed by atoms with Gasteiger partial charge in [-0.15, -0.1) is 0 Å². The standard InChI is InChI=1S/C23H26Cl2N4O4.C20H24N2O6/c1-4-18(30)6-5-7-33-23-15(8-17(24)13-27-23)9-19(31)10-16-12-26-21-11-20(25)28-29(21)22(16)14(2)32-3;1-2-27-11-12-28-10-4-6-13-5-3-7-14-17(13)20(26)22(19(14)25)15-8-9-16(23)21-18(15)24/h8,11-14H,4-7,9-10H2,1-3H3;3,5,7,15H,2,4,6,8-12H2,1H3,(H,21,23,24)/t14-;/m0./s1. The summed E-state index contributed by atoms with van der Waals surface area (Å²) in [4.78, 5) is 83.3. The quantitative estimate of drug-likeness (QED) is 0.0791. The molecule has 1 aromatic carbocycles. The number of imide groups is 2. The number of piperidine rings is 1. The van der Waals surface area contributed by atoms with Crippen LogP contribution in [-0.4, -0.2) is 106 Å². The lowest BCUT2D eigenvalue weighted by Gasteiger charge is -2.27. The average Bonchev–Trinajstić information content (AvgIpc) is 3.74. The third kappa shape index (κ3) is 12.3. The molecule has 2 atom stereocenters. The van der Waals surface area contributed by atoms with E-state index in [0.717, 1.165) is 10.5 Å². The number of nitrogens with zero attached hydrogens (tertiary/aromatic N) is 5. The molecular weight excluding hydrogens is 831 g/mol. The lowest BCUT2D eigenvalue weighted by molar-refractivity contribution is -0.136. The van der Waals surface area contributed by atoms with Crippen molar-refractivity contribution < 1.29 is 47.7 Å². The summed E-state index contributed by atoms with van der Waals surface area (Å²) >= 11 is 12.2. The van der Waals surface area contributed by atoms with Crippen molar-refractivity contribution in [3.63, 3.8) is 0 Å². The van der Waals surface area contributed by atoms with Gasteiger partial charge in [0.1, 0.15) is 17.6 Å². The zero-order valence-corrected chi connectivity index (χ0v) is 36.2. The number of benzene rings is 1. The Morgan fingerprint density at radius 2 is 1.67 bits per heavy atom. The number of nitrogens with one attached hydrogen (secondary N) is 1. The second-order valence-electron chi connectivity index (χ2n) is 14.3. The van der Waals surface area contributed by atoms with E-state index in [-0.39, 0.29) is 49.3 Å². The number of methoxy groups -OCH3 is 1. The Kier molecular flexibility index (Phi) is 17.4. The topological polar surface area (TPSA) is 198 Å². The molecule has 2 aliphatic heterocycles. The minimum absolute atomic E-state index is 0.0750. The maximum absolute atomic E-state index is 13.0. The van der Waals surface area contributed by atoms with Crippen LogP contribution in [0.25, 0.3) is 5.65 Å². The molecule has 16 nitrogen and oxygen atoms in total. The number of carbonyl (C=O) groups is 6. The number of fused-ring (bicyclic) bond motifs is 2. The van der Waals surface area contributed by atoms with Crippen molar-refractivity contribution in [1.82, 2.24) is 29.8 Å². The molecule has 2 aliphatic rings. The van der Waals surface area contributed by atoms with Crippen LogP contribution < -0.4 is 10.1 Å². The van der Waals surface area contributed by atoms with E-state index >= 15 is 0 Å². The van der Waals surface area contributed by atoms with Crippen molar-refractivity contribution >= 4 is 64.0 Å². The summed E-state index contributed by atoms with van der Waals surface area (Å²) in [6.45, 7) is 8.20. The van der Waals surface area contributed by atoms with Gasteiger partial charge >= 0.3 is 0 Å². The number of Topliss-reactive ketones (excluding diaryl/α,β-unsaturated/α-hetero) is 2. The number of amides is 4. The fraction of sp³-hybridized carbons (Fsp3) is 0.465. The summed E-state index contributed by atoms with van der Waals surface area (Å²) in [7, 11) is 1.59. The Morgan fingerprint density at radius 3 is 2.41 bits per heavy atom. The number of carbonyl (C=O) groups excluding carboxylic acids is 6. The molecule has 18 heteroatoms. The van der Waals surface area contributed by atoms with Crippen LogP contribution in [0, 0.1) is 0 Å². The number of hydrogen-bond donors (Lipinski definition) is 1. The second-order valence-corrected chi connectivity index (χ2v) is 15.2. The van der Waals surface area contributed by atoms with Gasteiger partial charge in [-0.3, -0.25) is 39.0 Å². The van der Waals surface area contributed by atoms with Gasteiger partial charge in [0.05, 0.1) is 47.8 Å². The van der Waals surface area contributed by atoms with Crippen LogP contribution in [-0.2, 0) is 52.7 Å². The molecule has 0 spiro atoms. The van der Waals surface area contributed by atoms with E-state index in [1.807, 2.05) is 26.8 Å². The molecule has 0 saturated carbocycles. The number of aromatic nitrogens is 4. The number of ether oxygens (including phenoxy) is 4. The molecule has 326 valence electrons. The highest BCUT2D eigenvalue weighted by Gasteiger charge is 2.45. The van der Waals surface area contributed by atoms with Crippen molar-refractivity contribution in [3.8, 4) is 5.88 Å². The Bertz CT molecular complexity index is 2250. The summed E-state index contributed by atoms with van der Waals surface area (Å²) in [6.07, 6.45) is 6.06. The molecule has 61 heavy (non-hydrogen) atoms. The zero-order chi connectivity index (χ0) is 44.1. The summed E-state index contributed by atoms with van der Waals surface area (Å²) < 4.78 is 23.5. The smallest absolute Gasteiger partial charge is 0.262 e. The maximum atomic E-state index is 13.0. The first-order valence-corrected chi connectivity index (χ1v) is 21.0. The Balaban J connectivity index is 0.000000234. The Morgan fingerprint density at radius 1 is 0.902 bits per heavy atom. The van der Waals surface area contributed by atoms with Gasteiger partial charge in [-0.05, 0) is 57.2 Å².